The molecule has 0 saturated carbocycles. The molecule has 2 aromatic carbocycles. The number of phenols is 1. The van der Waals surface area contributed by atoms with Crippen LogP contribution < -0.4 is 14.2 Å². The van der Waals surface area contributed by atoms with Crippen molar-refractivity contribution in [2.24, 2.45) is 0 Å². The monoisotopic (exact) mass is 424 g/mol. The molecule has 1 aliphatic heterocycles. The first-order chi connectivity index (χ1) is 15.0. The van der Waals surface area contributed by atoms with Crippen LogP contribution in [0.3, 0.4) is 0 Å². The first kappa shape index (κ1) is 20.6. The van der Waals surface area contributed by atoms with E-state index >= 15 is 0 Å². The lowest BCUT2D eigenvalue weighted by atomic mass is 9.96. The molecule has 2 heterocycles. The first-order valence-corrected chi connectivity index (χ1v) is 10.1. The molecule has 0 fully saturated rings. The van der Waals surface area contributed by atoms with Crippen LogP contribution in [-0.2, 0) is 11.2 Å². The van der Waals surface area contributed by atoms with E-state index in [-0.39, 0.29) is 5.75 Å². The third-order valence-corrected chi connectivity index (χ3v) is 5.15. The maximum Gasteiger partial charge on any atom is 0.341 e. The zero-order chi connectivity index (χ0) is 22.0. The number of aromatic hydroxyl groups is 1. The van der Waals surface area contributed by atoms with E-state index in [0.717, 1.165) is 28.8 Å². The normalized spacial score (nSPS) is 13.0. The Morgan fingerprint density at radius 1 is 1.19 bits per heavy atom. The molecule has 31 heavy (non-hydrogen) atoms. The number of aryl methyl sites for hydroxylation is 2. The minimum absolute atomic E-state index is 0.0420. The van der Waals surface area contributed by atoms with Crippen LogP contribution in [0.25, 0.3) is 22.4 Å². The van der Waals surface area contributed by atoms with Crippen LogP contribution in [0.1, 0.15) is 24.6 Å². The highest BCUT2D eigenvalue weighted by atomic mass is 16.5. The Kier molecular flexibility index (Phi) is 5.70. The molecule has 8 nitrogen and oxygen atoms in total. The van der Waals surface area contributed by atoms with Gasteiger partial charge in [0.2, 0.25) is 0 Å². The number of carboxylic acids is 1. The number of benzene rings is 2. The number of aliphatic carboxylic acids is 1. The van der Waals surface area contributed by atoms with Gasteiger partial charge in [-0.05, 0) is 42.7 Å². The van der Waals surface area contributed by atoms with Gasteiger partial charge in [-0.2, -0.15) is 5.10 Å². The van der Waals surface area contributed by atoms with Gasteiger partial charge in [-0.3, -0.25) is 5.10 Å². The zero-order valence-corrected chi connectivity index (χ0v) is 17.4. The molecule has 3 N–H and O–H groups in total. The van der Waals surface area contributed by atoms with Crippen LogP contribution in [0.4, 0.5) is 0 Å². The number of fused-ring (bicyclic) bond motifs is 1. The van der Waals surface area contributed by atoms with E-state index in [0.29, 0.717) is 48.1 Å². The van der Waals surface area contributed by atoms with Gasteiger partial charge in [0.15, 0.2) is 18.1 Å². The van der Waals surface area contributed by atoms with Crippen molar-refractivity contribution in [1.29, 1.82) is 0 Å². The topological polar surface area (TPSA) is 114 Å². The van der Waals surface area contributed by atoms with Crippen LogP contribution in [0.2, 0.25) is 0 Å². The molecule has 0 spiro atoms. The zero-order valence-electron chi connectivity index (χ0n) is 17.4. The summed E-state index contributed by atoms with van der Waals surface area (Å²) in [6.45, 7) is 4.58. The summed E-state index contributed by atoms with van der Waals surface area (Å²) < 4.78 is 16.9. The number of aromatic amines is 1. The van der Waals surface area contributed by atoms with E-state index in [1.54, 1.807) is 6.07 Å². The van der Waals surface area contributed by atoms with Crippen LogP contribution in [-0.4, -0.2) is 46.2 Å². The molecule has 0 amide bonds. The lowest BCUT2D eigenvalue weighted by molar-refractivity contribution is -0.139. The number of H-pyrrole nitrogens is 1. The van der Waals surface area contributed by atoms with Gasteiger partial charge >= 0.3 is 5.97 Å². The molecule has 0 bridgehead atoms. The van der Waals surface area contributed by atoms with Crippen LogP contribution in [0, 0.1) is 6.92 Å². The van der Waals surface area contributed by atoms with Crippen molar-refractivity contribution in [2.75, 3.05) is 19.8 Å². The van der Waals surface area contributed by atoms with Gasteiger partial charge in [0.1, 0.15) is 17.2 Å². The van der Waals surface area contributed by atoms with E-state index in [4.69, 9.17) is 19.3 Å². The van der Waals surface area contributed by atoms with Gasteiger partial charge < -0.3 is 24.4 Å². The summed E-state index contributed by atoms with van der Waals surface area (Å²) in [5.74, 6) is 0.609. The smallest absolute Gasteiger partial charge is 0.341 e. The van der Waals surface area contributed by atoms with Crippen molar-refractivity contribution < 1.29 is 29.2 Å². The number of rotatable bonds is 6. The maximum atomic E-state index is 10.9. The van der Waals surface area contributed by atoms with E-state index in [1.165, 1.54) is 6.07 Å². The molecule has 0 radical (unpaired) electrons. The number of aromatic nitrogens is 2. The SMILES string of the molecule is CCc1cc(-c2n[nH]c(C)c2-c2ccc3c(c2)OCCCO3)c(O)cc1OCC(=O)O. The van der Waals surface area contributed by atoms with E-state index < -0.39 is 12.6 Å². The quantitative estimate of drug-likeness (QED) is 0.549. The molecule has 1 aliphatic rings. The Morgan fingerprint density at radius 3 is 2.71 bits per heavy atom. The van der Waals surface area contributed by atoms with E-state index in [2.05, 4.69) is 10.2 Å². The van der Waals surface area contributed by atoms with Crippen molar-refractivity contribution >= 4 is 5.97 Å². The van der Waals surface area contributed by atoms with Gasteiger partial charge in [-0.15, -0.1) is 0 Å². The summed E-state index contributed by atoms with van der Waals surface area (Å²) in [5.41, 5.74) is 4.46. The molecular formula is C23H24N2O6. The number of nitrogens with zero attached hydrogens (tertiary/aromatic N) is 1. The fourth-order valence-corrected chi connectivity index (χ4v) is 3.65. The van der Waals surface area contributed by atoms with E-state index in [9.17, 15) is 9.90 Å². The molecule has 0 saturated heterocycles. The van der Waals surface area contributed by atoms with Crippen LogP contribution in [0.5, 0.6) is 23.0 Å². The summed E-state index contributed by atoms with van der Waals surface area (Å²) in [6.07, 6.45) is 1.43. The van der Waals surface area contributed by atoms with Gasteiger partial charge in [0, 0.05) is 29.3 Å². The third-order valence-electron chi connectivity index (χ3n) is 5.15. The van der Waals surface area contributed by atoms with Crippen molar-refractivity contribution in [3.05, 3.63) is 41.6 Å². The van der Waals surface area contributed by atoms with Crippen molar-refractivity contribution in [1.82, 2.24) is 10.2 Å². The Hall–Kier alpha value is -3.68. The maximum absolute atomic E-state index is 10.9. The van der Waals surface area contributed by atoms with E-state index in [1.807, 2.05) is 32.0 Å². The molecule has 0 aliphatic carbocycles. The largest absolute Gasteiger partial charge is 0.507 e. The fourth-order valence-electron chi connectivity index (χ4n) is 3.65. The molecule has 0 atom stereocenters. The standard InChI is InChI=1S/C23H24N2O6/c1-3-14-9-16(17(26)11-19(14)31-12-21(27)28)23-22(13(2)24-25-23)15-5-6-18-20(10-15)30-8-4-7-29-18/h5-6,9-11,26H,3-4,7-8,12H2,1-2H3,(H,24,25)(H,27,28). The van der Waals surface area contributed by atoms with Gasteiger partial charge in [-0.1, -0.05) is 13.0 Å². The second-order valence-electron chi connectivity index (χ2n) is 7.30. The summed E-state index contributed by atoms with van der Waals surface area (Å²) in [5, 5.41) is 27.0. The van der Waals surface area contributed by atoms with Crippen LogP contribution >= 0.6 is 0 Å². The van der Waals surface area contributed by atoms with Crippen LogP contribution in [0.15, 0.2) is 30.3 Å². The highest BCUT2D eigenvalue weighted by Crippen LogP contribution is 2.42. The molecule has 4 rings (SSSR count). The lowest BCUT2D eigenvalue weighted by Gasteiger charge is -2.14. The number of carboxylic acid groups (broad SMARTS) is 1. The molecule has 0 unspecified atom stereocenters. The Bertz CT molecular complexity index is 1120. The summed E-state index contributed by atoms with van der Waals surface area (Å²) in [6, 6.07) is 8.97. The number of nitrogens with one attached hydrogen (secondary N) is 1. The third kappa shape index (κ3) is 4.14. The highest BCUT2D eigenvalue weighted by molar-refractivity contribution is 5.86. The second kappa shape index (κ2) is 8.59. The Morgan fingerprint density at radius 2 is 1.97 bits per heavy atom. The number of hydrogen-bond acceptors (Lipinski definition) is 6. The Balaban J connectivity index is 1.78. The summed E-state index contributed by atoms with van der Waals surface area (Å²) >= 11 is 0. The predicted molar refractivity (Wildman–Crippen MR) is 114 cm³/mol. The van der Waals surface area contributed by atoms with Gasteiger partial charge in [0.25, 0.3) is 0 Å². The van der Waals surface area contributed by atoms with Crippen molar-refractivity contribution in [3.8, 4) is 45.4 Å². The molecule has 3 aromatic rings. The number of hydrogen-bond donors (Lipinski definition) is 3. The first-order valence-electron chi connectivity index (χ1n) is 10.1. The van der Waals surface area contributed by atoms with Crippen molar-refractivity contribution in [3.63, 3.8) is 0 Å². The Labute approximate surface area is 179 Å². The minimum atomic E-state index is -1.08. The molecule has 1 aromatic heterocycles. The number of carbonyl (C=O) groups is 1. The second-order valence-corrected chi connectivity index (χ2v) is 7.30. The summed E-state index contributed by atoms with van der Waals surface area (Å²) in [4.78, 5) is 10.9. The lowest BCUT2D eigenvalue weighted by Crippen LogP contribution is -2.10. The van der Waals surface area contributed by atoms with Gasteiger partial charge in [0.05, 0.1) is 13.2 Å². The molecular weight excluding hydrogens is 400 g/mol. The fraction of sp³-hybridized carbons (Fsp3) is 0.304. The summed E-state index contributed by atoms with van der Waals surface area (Å²) in [7, 11) is 0. The average molecular weight is 424 g/mol. The molecule has 162 valence electrons. The predicted octanol–water partition coefficient (Wildman–Crippen LogP) is 3.94. The number of ether oxygens (including phenoxy) is 3. The van der Waals surface area contributed by atoms with Gasteiger partial charge in [-0.25, -0.2) is 4.79 Å². The van der Waals surface area contributed by atoms with Crippen molar-refractivity contribution in [2.45, 2.75) is 26.7 Å². The molecule has 8 heteroatoms. The minimum Gasteiger partial charge on any atom is -0.507 e. The number of phenolic OH excluding ortho intramolecular Hbond substituents is 1. The highest BCUT2D eigenvalue weighted by Gasteiger charge is 2.21. The average Bonchev–Trinajstić information content (AvgIpc) is 2.98.